The third kappa shape index (κ3) is 3.27. The predicted molar refractivity (Wildman–Crippen MR) is 87.2 cm³/mol. The smallest absolute Gasteiger partial charge is 0.352 e. The largest absolute Gasteiger partial charge is 0.477 e. The summed E-state index contributed by atoms with van der Waals surface area (Å²) >= 11 is 0. The third-order valence-corrected chi connectivity index (χ3v) is 3.75. The van der Waals surface area contributed by atoms with Crippen LogP contribution >= 0.6 is 0 Å². The molecule has 3 N–H and O–H groups in total. The molecule has 0 atom stereocenters. The number of H-pyrrole nitrogens is 1. The van der Waals surface area contributed by atoms with Crippen molar-refractivity contribution in [1.82, 2.24) is 10.3 Å². The van der Waals surface area contributed by atoms with Gasteiger partial charge >= 0.3 is 5.97 Å². The average molecular weight is 326 g/mol. The fraction of sp³-hybridized carbons (Fsp3) is 0.111. The molecule has 0 aliphatic rings. The van der Waals surface area contributed by atoms with E-state index >= 15 is 0 Å². The van der Waals surface area contributed by atoms with Gasteiger partial charge in [-0.05, 0) is 23.8 Å². The zero-order valence-corrected chi connectivity index (χ0v) is 12.7. The Kier molecular flexibility index (Phi) is 4.29. The lowest BCUT2D eigenvalue weighted by molar-refractivity contribution is -0.120. The number of benzene rings is 2. The molecule has 3 rings (SSSR count). The number of carboxylic acids is 1. The van der Waals surface area contributed by atoms with Crippen molar-refractivity contribution < 1.29 is 19.1 Å². The van der Waals surface area contributed by atoms with E-state index in [1.807, 2.05) is 30.3 Å². The highest BCUT2D eigenvalue weighted by Gasteiger charge is 2.18. The van der Waals surface area contributed by atoms with Crippen molar-refractivity contribution in [1.29, 1.82) is 0 Å². The van der Waals surface area contributed by atoms with E-state index in [9.17, 15) is 19.1 Å². The second-order valence-electron chi connectivity index (χ2n) is 5.41. The molecule has 1 heterocycles. The summed E-state index contributed by atoms with van der Waals surface area (Å²) in [6.07, 6.45) is 0.194. The van der Waals surface area contributed by atoms with E-state index in [0.29, 0.717) is 16.5 Å². The number of hydrogen-bond acceptors (Lipinski definition) is 2. The van der Waals surface area contributed by atoms with Crippen LogP contribution in [0.2, 0.25) is 0 Å². The molecule has 24 heavy (non-hydrogen) atoms. The molecule has 2 aromatic carbocycles. The van der Waals surface area contributed by atoms with Crippen LogP contribution in [0.4, 0.5) is 4.39 Å². The molecular weight excluding hydrogens is 311 g/mol. The van der Waals surface area contributed by atoms with Crippen molar-refractivity contribution in [3.05, 3.63) is 71.2 Å². The van der Waals surface area contributed by atoms with Gasteiger partial charge in [0.25, 0.3) is 0 Å². The van der Waals surface area contributed by atoms with Gasteiger partial charge in [0.2, 0.25) is 5.91 Å². The number of amides is 1. The second-order valence-corrected chi connectivity index (χ2v) is 5.41. The molecular formula is C18H15FN2O3. The number of aromatic amines is 1. The Hall–Kier alpha value is -3.15. The van der Waals surface area contributed by atoms with Crippen LogP contribution in [0.1, 0.15) is 21.6 Å². The van der Waals surface area contributed by atoms with Crippen LogP contribution in [0.3, 0.4) is 0 Å². The first-order valence-corrected chi connectivity index (χ1v) is 7.38. The van der Waals surface area contributed by atoms with Gasteiger partial charge in [-0.3, -0.25) is 4.79 Å². The summed E-state index contributed by atoms with van der Waals surface area (Å²) in [5, 5.41) is 12.4. The van der Waals surface area contributed by atoms with Gasteiger partial charge in [-0.25, -0.2) is 9.18 Å². The van der Waals surface area contributed by atoms with Crippen LogP contribution in [-0.4, -0.2) is 22.0 Å². The van der Waals surface area contributed by atoms with Gasteiger partial charge < -0.3 is 15.4 Å². The van der Waals surface area contributed by atoms with E-state index in [1.165, 1.54) is 18.2 Å². The lowest BCUT2D eigenvalue weighted by Gasteiger charge is -2.06. The number of carbonyl (C=O) groups is 2. The number of nitrogens with one attached hydrogen (secondary N) is 2. The molecule has 5 nitrogen and oxygen atoms in total. The average Bonchev–Trinajstić information content (AvgIpc) is 2.92. The number of carbonyl (C=O) groups excluding carboxylic acids is 1. The maximum Gasteiger partial charge on any atom is 0.352 e. The van der Waals surface area contributed by atoms with E-state index in [-0.39, 0.29) is 24.6 Å². The van der Waals surface area contributed by atoms with Gasteiger partial charge in [0.1, 0.15) is 11.5 Å². The molecule has 6 heteroatoms. The normalized spacial score (nSPS) is 10.7. The van der Waals surface area contributed by atoms with E-state index in [4.69, 9.17) is 0 Å². The van der Waals surface area contributed by atoms with Gasteiger partial charge in [-0.15, -0.1) is 0 Å². The molecule has 1 aromatic heterocycles. The van der Waals surface area contributed by atoms with Crippen LogP contribution in [0, 0.1) is 5.82 Å². The molecule has 3 aromatic rings. The van der Waals surface area contributed by atoms with E-state index in [2.05, 4.69) is 10.3 Å². The second kappa shape index (κ2) is 6.54. The van der Waals surface area contributed by atoms with Crippen LogP contribution < -0.4 is 5.32 Å². The van der Waals surface area contributed by atoms with E-state index in [0.717, 1.165) is 5.56 Å². The first kappa shape index (κ1) is 15.7. The number of rotatable bonds is 5. The lowest BCUT2D eigenvalue weighted by atomic mass is 10.1. The molecule has 1 amide bonds. The summed E-state index contributed by atoms with van der Waals surface area (Å²) in [7, 11) is 0. The van der Waals surface area contributed by atoms with Crippen molar-refractivity contribution in [2.45, 2.75) is 13.0 Å². The van der Waals surface area contributed by atoms with Gasteiger partial charge in [-0.1, -0.05) is 30.3 Å². The Bertz CT molecular complexity index is 903. The molecule has 0 saturated heterocycles. The quantitative estimate of drug-likeness (QED) is 0.674. The lowest BCUT2D eigenvalue weighted by Crippen LogP contribution is -2.25. The van der Waals surface area contributed by atoms with Crippen molar-refractivity contribution in [3.63, 3.8) is 0 Å². The number of halogens is 1. The van der Waals surface area contributed by atoms with Gasteiger partial charge in [0, 0.05) is 23.0 Å². The number of fused-ring (bicyclic) bond motifs is 1. The summed E-state index contributed by atoms with van der Waals surface area (Å²) < 4.78 is 13.5. The Morgan fingerprint density at radius 1 is 1.12 bits per heavy atom. The highest BCUT2D eigenvalue weighted by molar-refractivity contribution is 5.97. The molecule has 122 valence electrons. The van der Waals surface area contributed by atoms with Crippen molar-refractivity contribution in [2.75, 3.05) is 0 Å². The molecule has 0 aliphatic heterocycles. The Labute approximate surface area is 137 Å². The predicted octanol–water partition coefficient (Wildman–Crippen LogP) is 2.86. The summed E-state index contributed by atoms with van der Waals surface area (Å²) in [6.45, 7) is 0.0107. The molecule has 0 fully saturated rings. The molecule has 0 aliphatic carbocycles. The Morgan fingerprint density at radius 3 is 2.58 bits per heavy atom. The summed E-state index contributed by atoms with van der Waals surface area (Å²) in [6, 6.07) is 13.2. The minimum absolute atomic E-state index is 0.0107. The number of carboxylic acid groups (broad SMARTS) is 1. The number of aromatic carboxylic acids is 1. The first-order valence-electron chi connectivity index (χ1n) is 7.38. The standard InChI is InChI=1S/C18H15FN2O3/c19-12-6-7-15-13(9-12)14(17(21-15)18(23)24)10-20-16(22)8-11-4-2-1-3-5-11/h1-7,9,21H,8,10H2,(H,20,22)(H,23,24). The summed E-state index contributed by atoms with van der Waals surface area (Å²) in [5.74, 6) is -1.85. The summed E-state index contributed by atoms with van der Waals surface area (Å²) in [5.41, 5.74) is 1.69. The van der Waals surface area contributed by atoms with Gasteiger partial charge in [-0.2, -0.15) is 0 Å². The third-order valence-electron chi connectivity index (χ3n) is 3.75. The van der Waals surface area contributed by atoms with Crippen LogP contribution in [0.5, 0.6) is 0 Å². The van der Waals surface area contributed by atoms with Crippen molar-refractivity contribution in [3.8, 4) is 0 Å². The number of aromatic nitrogens is 1. The Morgan fingerprint density at radius 2 is 1.88 bits per heavy atom. The van der Waals surface area contributed by atoms with Gasteiger partial charge in [0.15, 0.2) is 0 Å². The fourth-order valence-electron chi connectivity index (χ4n) is 2.62. The number of hydrogen-bond donors (Lipinski definition) is 3. The van der Waals surface area contributed by atoms with Crippen LogP contribution in [-0.2, 0) is 17.8 Å². The van der Waals surface area contributed by atoms with Crippen LogP contribution in [0.15, 0.2) is 48.5 Å². The van der Waals surface area contributed by atoms with Crippen LogP contribution in [0.25, 0.3) is 10.9 Å². The van der Waals surface area contributed by atoms with E-state index < -0.39 is 11.8 Å². The maximum atomic E-state index is 13.5. The SMILES string of the molecule is O=C(Cc1ccccc1)NCc1c(C(=O)O)[nH]c2ccc(F)cc12. The Balaban J connectivity index is 1.81. The molecule has 0 unspecified atom stereocenters. The van der Waals surface area contributed by atoms with Crippen molar-refractivity contribution in [2.24, 2.45) is 0 Å². The minimum Gasteiger partial charge on any atom is -0.477 e. The van der Waals surface area contributed by atoms with Crippen molar-refractivity contribution >= 4 is 22.8 Å². The van der Waals surface area contributed by atoms with E-state index in [1.54, 1.807) is 0 Å². The molecule has 0 spiro atoms. The highest BCUT2D eigenvalue weighted by Crippen LogP contribution is 2.23. The summed E-state index contributed by atoms with van der Waals surface area (Å²) in [4.78, 5) is 26.2. The van der Waals surface area contributed by atoms with Gasteiger partial charge in [0.05, 0.1) is 6.42 Å². The fourth-order valence-corrected chi connectivity index (χ4v) is 2.62. The molecule has 0 bridgehead atoms. The molecule has 0 saturated carbocycles. The topological polar surface area (TPSA) is 82.2 Å². The zero-order valence-electron chi connectivity index (χ0n) is 12.7. The monoisotopic (exact) mass is 326 g/mol. The zero-order chi connectivity index (χ0) is 17.1. The first-order chi connectivity index (χ1) is 11.5. The molecule has 0 radical (unpaired) electrons. The highest BCUT2D eigenvalue weighted by atomic mass is 19.1. The minimum atomic E-state index is -1.15. The maximum absolute atomic E-state index is 13.5.